The number of hydrogen-bond donors (Lipinski definition) is 3. The summed E-state index contributed by atoms with van der Waals surface area (Å²) in [6, 6.07) is 6.89. The number of rotatable bonds is 6. The summed E-state index contributed by atoms with van der Waals surface area (Å²) in [7, 11) is 0. The maximum atomic E-state index is 12.5. The molecule has 0 radical (unpaired) electrons. The Hall–Kier alpha value is -4.28. The van der Waals surface area contributed by atoms with Crippen LogP contribution in [0.15, 0.2) is 39.8 Å². The summed E-state index contributed by atoms with van der Waals surface area (Å²) >= 11 is 0. The van der Waals surface area contributed by atoms with Gasteiger partial charge in [-0.1, -0.05) is 17.3 Å². The fourth-order valence-corrected chi connectivity index (χ4v) is 3.41. The number of nitrogens with two attached hydrogens (primary N) is 1. The molecule has 0 saturated heterocycles. The van der Waals surface area contributed by atoms with Gasteiger partial charge in [0.2, 0.25) is 5.91 Å². The van der Waals surface area contributed by atoms with E-state index in [1.54, 1.807) is 28.8 Å². The predicted molar refractivity (Wildman–Crippen MR) is 110 cm³/mol. The van der Waals surface area contributed by atoms with Gasteiger partial charge in [0.25, 0.3) is 5.91 Å². The van der Waals surface area contributed by atoms with Crippen molar-refractivity contribution in [3.8, 4) is 11.4 Å². The number of aryl methyl sites for hydroxylation is 2. The quantitative estimate of drug-likeness (QED) is 0.423. The molecule has 0 unspecified atom stereocenters. The van der Waals surface area contributed by atoms with Crippen LogP contribution in [0.1, 0.15) is 33.7 Å². The molecule has 11 heteroatoms. The van der Waals surface area contributed by atoms with Crippen LogP contribution in [-0.4, -0.2) is 36.6 Å². The van der Waals surface area contributed by atoms with Crippen molar-refractivity contribution < 1.29 is 14.1 Å². The second-order valence-electron chi connectivity index (χ2n) is 6.99. The Bertz CT molecular complexity index is 1370. The van der Waals surface area contributed by atoms with E-state index in [1.165, 1.54) is 6.20 Å². The van der Waals surface area contributed by atoms with Gasteiger partial charge in [0.1, 0.15) is 5.56 Å². The van der Waals surface area contributed by atoms with E-state index in [4.69, 9.17) is 5.73 Å². The van der Waals surface area contributed by atoms with E-state index >= 15 is 0 Å². The highest BCUT2D eigenvalue weighted by Crippen LogP contribution is 2.20. The summed E-state index contributed by atoms with van der Waals surface area (Å²) in [6.45, 7) is 3.68. The maximum Gasteiger partial charge on any atom is 0.439 e. The molecule has 1 aromatic carbocycles. The van der Waals surface area contributed by atoms with E-state index in [0.717, 1.165) is 11.3 Å². The first kappa shape index (κ1) is 20.0. The van der Waals surface area contributed by atoms with E-state index in [2.05, 4.69) is 30.1 Å². The summed E-state index contributed by atoms with van der Waals surface area (Å²) < 4.78 is 6.07. The Labute approximate surface area is 175 Å². The number of aromatic nitrogens is 5. The third-order valence-corrected chi connectivity index (χ3v) is 4.94. The number of benzene rings is 1. The van der Waals surface area contributed by atoms with Crippen LogP contribution in [0.25, 0.3) is 17.0 Å². The number of carbonyl (C=O) groups excluding carboxylic acids is 2. The van der Waals surface area contributed by atoms with Crippen LogP contribution in [-0.2, 0) is 11.2 Å². The summed E-state index contributed by atoms with van der Waals surface area (Å²) in [4.78, 5) is 42.1. The molecule has 11 nitrogen and oxygen atoms in total. The number of carbonyl (C=O) groups is 2. The first-order chi connectivity index (χ1) is 14.8. The molecule has 3 heterocycles. The first-order valence-corrected chi connectivity index (χ1v) is 9.43. The van der Waals surface area contributed by atoms with Crippen LogP contribution in [0.3, 0.4) is 0 Å². The average Bonchev–Trinajstić information content (AvgIpc) is 3.34. The standard InChI is InChI=1S/C20H19N7O4/c1-10-14(11(2)27-19(23-10)15(9-22-27)17(21)29)6-7-16(28)24-13-5-3-4-12(8-13)18-25-20(30)31-26-18/h3-5,8-9H,6-7H2,1-2H3,(H2,21,29)(H,24,28)(H,25,26,30). The second-order valence-corrected chi connectivity index (χ2v) is 6.99. The highest BCUT2D eigenvalue weighted by atomic mass is 16.5. The Morgan fingerprint density at radius 2 is 2.10 bits per heavy atom. The van der Waals surface area contributed by atoms with Gasteiger partial charge in [0, 0.05) is 29.1 Å². The van der Waals surface area contributed by atoms with Crippen LogP contribution in [0, 0.1) is 13.8 Å². The summed E-state index contributed by atoms with van der Waals surface area (Å²) in [5, 5.41) is 10.7. The molecule has 3 aromatic heterocycles. The lowest BCUT2D eigenvalue weighted by Gasteiger charge is -2.12. The first-order valence-electron chi connectivity index (χ1n) is 9.43. The molecular weight excluding hydrogens is 402 g/mol. The van der Waals surface area contributed by atoms with Crippen molar-refractivity contribution in [3.05, 3.63) is 63.5 Å². The van der Waals surface area contributed by atoms with Gasteiger partial charge in [0.05, 0.1) is 6.20 Å². The van der Waals surface area contributed by atoms with Crippen molar-refractivity contribution >= 4 is 23.1 Å². The zero-order chi connectivity index (χ0) is 22.1. The third-order valence-electron chi connectivity index (χ3n) is 4.94. The van der Waals surface area contributed by atoms with Gasteiger partial charge in [0.15, 0.2) is 11.5 Å². The largest absolute Gasteiger partial charge is 0.439 e. The van der Waals surface area contributed by atoms with Gasteiger partial charge >= 0.3 is 5.76 Å². The molecule has 0 spiro atoms. The van der Waals surface area contributed by atoms with Crippen LogP contribution < -0.4 is 16.8 Å². The third kappa shape index (κ3) is 3.92. The van der Waals surface area contributed by atoms with Gasteiger partial charge in [-0.3, -0.25) is 19.1 Å². The fraction of sp³-hybridized carbons (Fsp3) is 0.200. The molecule has 0 fully saturated rings. The lowest BCUT2D eigenvalue weighted by Crippen LogP contribution is -2.15. The van der Waals surface area contributed by atoms with E-state index in [1.807, 2.05) is 13.8 Å². The SMILES string of the molecule is Cc1nc2c(C(N)=O)cnn2c(C)c1CCC(=O)Nc1cccc(-c2noc(=O)[nH]2)c1. The molecule has 0 aliphatic heterocycles. The van der Waals surface area contributed by atoms with Crippen molar-refractivity contribution in [2.75, 3.05) is 5.32 Å². The minimum absolute atomic E-state index is 0.192. The zero-order valence-corrected chi connectivity index (χ0v) is 16.8. The van der Waals surface area contributed by atoms with Gasteiger partial charge < -0.3 is 11.1 Å². The topological polar surface area (TPSA) is 161 Å². The molecule has 4 rings (SSSR count). The predicted octanol–water partition coefficient (Wildman–Crippen LogP) is 1.36. The lowest BCUT2D eigenvalue weighted by molar-refractivity contribution is -0.116. The van der Waals surface area contributed by atoms with Crippen LogP contribution in [0.2, 0.25) is 0 Å². The number of anilines is 1. The molecule has 0 atom stereocenters. The molecule has 0 saturated carbocycles. The van der Waals surface area contributed by atoms with E-state index < -0.39 is 11.7 Å². The number of fused-ring (bicyclic) bond motifs is 1. The van der Waals surface area contributed by atoms with E-state index in [-0.39, 0.29) is 23.7 Å². The van der Waals surface area contributed by atoms with Gasteiger partial charge in [-0.05, 0) is 38.0 Å². The average molecular weight is 421 g/mol. The Kier molecular flexibility index (Phi) is 5.07. The van der Waals surface area contributed by atoms with E-state index in [9.17, 15) is 14.4 Å². The smallest absolute Gasteiger partial charge is 0.365 e. The number of nitrogens with zero attached hydrogens (tertiary/aromatic N) is 4. The Balaban J connectivity index is 1.49. The summed E-state index contributed by atoms with van der Waals surface area (Å²) in [5.74, 6) is -1.16. The van der Waals surface area contributed by atoms with Gasteiger partial charge in [-0.15, -0.1) is 0 Å². The number of aromatic amines is 1. The zero-order valence-electron chi connectivity index (χ0n) is 16.8. The molecule has 158 valence electrons. The van der Waals surface area contributed by atoms with Crippen LogP contribution >= 0.6 is 0 Å². The number of hydrogen-bond acceptors (Lipinski definition) is 7. The molecule has 0 aliphatic carbocycles. The Morgan fingerprint density at radius 3 is 2.81 bits per heavy atom. The molecular formula is C20H19N7O4. The Morgan fingerprint density at radius 1 is 1.29 bits per heavy atom. The minimum atomic E-state index is -0.652. The fourth-order valence-electron chi connectivity index (χ4n) is 3.41. The van der Waals surface area contributed by atoms with Crippen molar-refractivity contribution in [1.29, 1.82) is 0 Å². The van der Waals surface area contributed by atoms with Crippen molar-refractivity contribution in [2.45, 2.75) is 26.7 Å². The molecule has 0 aliphatic rings. The lowest BCUT2D eigenvalue weighted by atomic mass is 10.1. The number of primary amides is 1. The van der Waals surface area contributed by atoms with Crippen molar-refractivity contribution in [3.63, 3.8) is 0 Å². The van der Waals surface area contributed by atoms with E-state index in [0.29, 0.717) is 29.0 Å². The molecule has 4 aromatic rings. The monoisotopic (exact) mass is 421 g/mol. The minimum Gasteiger partial charge on any atom is -0.365 e. The maximum absolute atomic E-state index is 12.5. The molecule has 31 heavy (non-hydrogen) atoms. The molecule has 2 amide bonds. The van der Waals surface area contributed by atoms with Gasteiger partial charge in [-0.2, -0.15) is 5.10 Å². The number of nitrogens with one attached hydrogen (secondary N) is 2. The summed E-state index contributed by atoms with van der Waals surface area (Å²) in [6.07, 6.45) is 2.04. The van der Waals surface area contributed by atoms with Crippen LogP contribution in [0.5, 0.6) is 0 Å². The number of H-pyrrole nitrogens is 1. The van der Waals surface area contributed by atoms with Crippen molar-refractivity contribution in [2.24, 2.45) is 5.73 Å². The second kappa shape index (κ2) is 7.86. The summed E-state index contributed by atoms with van der Waals surface area (Å²) in [5.41, 5.74) is 9.56. The van der Waals surface area contributed by atoms with Gasteiger partial charge in [-0.25, -0.2) is 14.3 Å². The highest BCUT2D eigenvalue weighted by Gasteiger charge is 2.17. The van der Waals surface area contributed by atoms with Crippen molar-refractivity contribution in [1.82, 2.24) is 24.7 Å². The van der Waals surface area contributed by atoms with Crippen LogP contribution in [0.4, 0.5) is 5.69 Å². The normalized spacial score (nSPS) is 11.0. The highest BCUT2D eigenvalue weighted by molar-refractivity contribution is 5.98. The molecule has 4 N–H and O–H groups in total. The number of amides is 2. The molecule has 0 bridgehead atoms.